The second kappa shape index (κ2) is 6.68. The Balaban J connectivity index is 4.95. The Labute approximate surface area is 108 Å². The molecule has 0 aliphatic rings. The van der Waals surface area contributed by atoms with E-state index in [1.165, 1.54) is 7.05 Å². The number of carboxylic acids is 1. The lowest BCUT2D eigenvalue weighted by atomic mass is 10.1. The highest BCUT2D eigenvalue weighted by Crippen LogP contribution is 2.09. The smallest absolute Gasteiger partial charge is 0.322 e. The molecule has 0 rings (SSSR count). The molecule has 0 bridgehead atoms. The van der Waals surface area contributed by atoms with E-state index < -0.39 is 28.3 Å². The van der Waals surface area contributed by atoms with Crippen molar-refractivity contribution in [2.75, 3.05) is 7.05 Å². The van der Waals surface area contributed by atoms with Crippen LogP contribution in [-0.2, 0) is 15.0 Å². The van der Waals surface area contributed by atoms with Gasteiger partial charge in [0.25, 0.3) is 10.2 Å². The Bertz CT molecular complexity index is 427. The van der Waals surface area contributed by atoms with E-state index in [2.05, 4.69) is 4.72 Å². The van der Waals surface area contributed by atoms with Gasteiger partial charge in [-0.1, -0.05) is 13.8 Å². The molecule has 0 aromatic rings. The SMILES string of the molecule is CC(C)[C@H](NS(=O)(=O)N(C)C(C)CC#N)C(=O)O. The molecule has 2 atom stereocenters. The van der Waals surface area contributed by atoms with Crippen LogP contribution in [0.25, 0.3) is 0 Å². The molecule has 0 saturated heterocycles. The minimum atomic E-state index is -3.92. The molecule has 18 heavy (non-hydrogen) atoms. The second-order valence-electron chi connectivity index (χ2n) is 4.41. The standard InChI is InChI=1S/C10H19N3O4S/c1-7(2)9(10(14)15)12-18(16,17)13(4)8(3)5-6-11/h7-9,12H,5H2,1-4H3,(H,14,15)/t8?,9-/m0/s1. The van der Waals surface area contributed by atoms with Gasteiger partial charge in [0, 0.05) is 13.1 Å². The van der Waals surface area contributed by atoms with Crippen molar-refractivity contribution in [1.29, 1.82) is 5.26 Å². The summed E-state index contributed by atoms with van der Waals surface area (Å²) >= 11 is 0. The molecule has 0 heterocycles. The van der Waals surface area contributed by atoms with Crippen LogP contribution < -0.4 is 4.72 Å². The number of aliphatic carboxylic acids is 1. The summed E-state index contributed by atoms with van der Waals surface area (Å²) in [6.45, 7) is 4.80. The summed E-state index contributed by atoms with van der Waals surface area (Å²) in [4.78, 5) is 10.9. The Morgan fingerprint density at radius 1 is 1.44 bits per heavy atom. The van der Waals surface area contributed by atoms with Crippen LogP contribution in [0.15, 0.2) is 0 Å². The van der Waals surface area contributed by atoms with E-state index in [-0.39, 0.29) is 12.3 Å². The van der Waals surface area contributed by atoms with Gasteiger partial charge in [-0.25, -0.2) is 0 Å². The molecular weight excluding hydrogens is 258 g/mol. The van der Waals surface area contributed by atoms with Gasteiger partial charge in [0.05, 0.1) is 12.5 Å². The first-order chi connectivity index (χ1) is 8.13. The summed E-state index contributed by atoms with van der Waals surface area (Å²) < 4.78 is 26.9. The van der Waals surface area contributed by atoms with Gasteiger partial charge in [-0.15, -0.1) is 0 Å². The Kier molecular flexibility index (Phi) is 6.25. The van der Waals surface area contributed by atoms with Crippen molar-refractivity contribution in [3.8, 4) is 6.07 Å². The summed E-state index contributed by atoms with van der Waals surface area (Å²) in [5.74, 6) is -1.60. The van der Waals surface area contributed by atoms with Crippen molar-refractivity contribution >= 4 is 16.2 Å². The van der Waals surface area contributed by atoms with Crippen LogP contribution in [0.4, 0.5) is 0 Å². The summed E-state index contributed by atoms with van der Waals surface area (Å²) in [6.07, 6.45) is 0.0385. The predicted octanol–water partition coefficient (Wildman–Crippen LogP) is 0.164. The van der Waals surface area contributed by atoms with Gasteiger partial charge < -0.3 is 5.11 Å². The molecule has 0 spiro atoms. The average Bonchev–Trinajstić information content (AvgIpc) is 2.24. The van der Waals surface area contributed by atoms with E-state index in [4.69, 9.17) is 10.4 Å². The molecule has 0 aliphatic carbocycles. The Hall–Kier alpha value is -1.17. The van der Waals surface area contributed by atoms with Gasteiger partial charge in [0.1, 0.15) is 6.04 Å². The van der Waals surface area contributed by atoms with Gasteiger partial charge in [0.15, 0.2) is 0 Å². The maximum Gasteiger partial charge on any atom is 0.322 e. The molecular formula is C10H19N3O4S. The van der Waals surface area contributed by atoms with E-state index in [1.807, 2.05) is 6.07 Å². The van der Waals surface area contributed by atoms with Crippen LogP contribution in [0.1, 0.15) is 27.2 Å². The van der Waals surface area contributed by atoms with Gasteiger partial charge in [-0.3, -0.25) is 4.79 Å². The average molecular weight is 277 g/mol. The van der Waals surface area contributed by atoms with E-state index >= 15 is 0 Å². The number of nitrogens with zero attached hydrogens (tertiary/aromatic N) is 2. The van der Waals surface area contributed by atoms with Gasteiger partial charge in [-0.2, -0.15) is 22.7 Å². The summed E-state index contributed by atoms with van der Waals surface area (Å²) in [6, 6.07) is 0.162. The van der Waals surface area contributed by atoms with Gasteiger partial charge in [0.2, 0.25) is 0 Å². The predicted molar refractivity (Wildman–Crippen MR) is 65.8 cm³/mol. The number of nitriles is 1. The van der Waals surface area contributed by atoms with Crippen LogP contribution in [0.3, 0.4) is 0 Å². The number of hydrogen-bond acceptors (Lipinski definition) is 4. The van der Waals surface area contributed by atoms with Crippen molar-refractivity contribution < 1.29 is 18.3 Å². The third-order valence-corrected chi connectivity index (χ3v) is 4.27. The van der Waals surface area contributed by atoms with Crippen LogP contribution in [0.2, 0.25) is 0 Å². The molecule has 0 saturated carbocycles. The monoisotopic (exact) mass is 277 g/mol. The largest absolute Gasteiger partial charge is 0.480 e. The maximum absolute atomic E-state index is 11.9. The molecule has 0 radical (unpaired) electrons. The topological polar surface area (TPSA) is 111 Å². The lowest BCUT2D eigenvalue weighted by Crippen LogP contribution is -2.51. The minimum absolute atomic E-state index is 0.0385. The summed E-state index contributed by atoms with van der Waals surface area (Å²) in [5.41, 5.74) is 0. The zero-order valence-electron chi connectivity index (χ0n) is 10.9. The number of hydrogen-bond donors (Lipinski definition) is 2. The van der Waals surface area contributed by atoms with E-state index in [0.29, 0.717) is 0 Å². The first-order valence-electron chi connectivity index (χ1n) is 5.48. The van der Waals surface area contributed by atoms with Crippen molar-refractivity contribution in [3.63, 3.8) is 0 Å². The first-order valence-corrected chi connectivity index (χ1v) is 6.92. The maximum atomic E-state index is 11.9. The van der Waals surface area contributed by atoms with Crippen molar-refractivity contribution in [2.24, 2.45) is 5.92 Å². The number of carbonyl (C=O) groups is 1. The molecule has 0 fully saturated rings. The number of nitrogens with one attached hydrogen (secondary N) is 1. The zero-order valence-corrected chi connectivity index (χ0v) is 11.7. The lowest BCUT2D eigenvalue weighted by molar-refractivity contribution is -0.140. The highest BCUT2D eigenvalue weighted by atomic mass is 32.2. The highest BCUT2D eigenvalue weighted by molar-refractivity contribution is 7.87. The zero-order chi connectivity index (χ0) is 14.5. The van der Waals surface area contributed by atoms with E-state index in [9.17, 15) is 13.2 Å². The van der Waals surface area contributed by atoms with Crippen LogP contribution in [-0.4, -0.2) is 42.9 Å². The minimum Gasteiger partial charge on any atom is -0.480 e. The molecule has 0 amide bonds. The van der Waals surface area contributed by atoms with Crippen LogP contribution in [0, 0.1) is 17.2 Å². The summed E-state index contributed by atoms with van der Waals surface area (Å²) in [7, 11) is -2.61. The third-order valence-electron chi connectivity index (χ3n) is 2.60. The van der Waals surface area contributed by atoms with Gasteiger partial charge in [-0.05, 0) is 12.8 Å². The Morgan fingerprint density at radius 2 is 1.94 bits per heavy atom. The van der Waals surface area contributed by atoms with Gasteiger partial charge >= 0.3 is 5.97 Å². The number of rotatable bonds is 7. The fourth-order valence-electron chi connectivity index (χ4n) is 1.21. The second-order valence-corrected chi connectivity index (χ2v) is 6.17. The molecule has 1 unspecified atom stereocenters. The van der Waals surface area contributed by atoms with E-state index in [0.717, 1.165) is 4.31 Å². The molecule has 2 N–H and O–H groups in total. The molecule has 0 aliphatic heterocycles. The quantitative estimate of drug-likeness (QED) is 0.689. The van der Waals surface area contributed by atoms with Crippen LogP contribution >= 0.6 is 0 Å². The highest BCUT2D eigenvalue weighted by Gasteiger charge is 2.31. The third kappa shape index (κ3) is 4.60. The fourth-order valence-corrected chi connectivity index (χ4v) is 2.62. The van der Waals surface area contributed by atoms with Crippen molar-refractivity contribution in [2.45, 2.75) is 39.3 Å². The molecule has 7 nitrogen and oxygen atoms in total. The Morgan fingerprint density at radius 3 is 2.28 bits per heavy atom. The fraction of sp³-hybridized carbons (Fsp3) is 0.800. The molecule has 0 aromatic heterocycles. The van der Waals surface area contributed by atoms with Crippen molar-refractivity contribution in [3.05, 3.63) is 0 Å². The normalized spacial score (nSPS) is 15.4. The summed E-state index contributed by atoms with van der Waals surface area (Å²) in [5, 5.41) is 17.5. The molecule has 104 valence electrons. The molecule has 0 aromatic carbocycles. The lowest BCUT2D eigenvalue weighted by Gasteiger charge is -2.26. The number of carboxylic acid groups (broad SMARTS) is 1. The van der Waals surface area contributed by atoms with Crippen molar-refractivity contribution in [1.82, 2.24) is 9.03 Å². The van der Waals surface area contributed by atoms with E-state index in [1.54, 1.807) is 20.8 Å². The first kappa shape index (κ1) is 16.8. The molecule has 8 heteroatoms. The van der Waals surface area contributed by atoms with Crippen LogP contribution in [0.5, 0.6) is 0 Å².